The standard InChI is InChI=1S/C7H4N2O3S/c10-5-1-2-6(8-4-13)7(3-5)9(11)12/h1-3,10H. The summed E-state index contributed by atoms with van der Waals surface area (Å²) >= 11 is 4.31. The Morgan fingerprint density at radius 1 is 1.62 bits per heavy atom. The molecule has 1 aromatic rings. The summed E-state index contributed by atoms with van der Waals surface area (Å²) in [5.41, 5.74) is -0.213. The minimum atomic E-state index is -0.648. The maximum atomic E-state index is 10.4. The van der Waals surface area contributed by atoms with Gasteiger partial charge in [0.1, 0.15) is 5.75 Å². The van der Waals surface area contributed by atoms with Gasteiger partial charge >= 0.3 is 0 Å². The molecule has 1 N–H and O–H groups in total. The number of phenols is 1. The molecule has 0 unspecified atom stereocenters. The van der Waals surface area contributed by atoms with Gasteiger partial charge in [0.05, 0.1) is 16.2 Å². The molecule has 0 radical (unpaired) electrons. The fraction of sp³-hybridized carbons (Fsp3) is 0. The average Bonchev–Trinajstić information content (AvgIpc) is 2.08. The maximum absolute atomic E-state index is 10.4. The lowest BCUT2D eigenvalue weighted by Gasteiger charge is -1.95. The summed E-state index contributed by atoms with van der Waals surface area (Å²) in [6.45, 7) is 0. The lowest BCUT2D eigenvalue weighted by atomic mass is 10.2. The zero-order valence-electron chi connectivity index (χ0n) is 6.30. The molecule has 0 aromatic heterocycles. The molecule has 5 nitrogen and oxygen atoms in total. The minimum absolute atomic E-state index is 0.0813. The number of nitro groups is 1. The molecule has 0 fully saturated rings. The average molecular weight is 196 g/mol. The van der Waals surface area contributed by atoms with Gasteiger partial charge in [-0.2, -0.15) is 4.99 Å². The van der Waals surface area contributed by atoms with Gasteiger partial charge in [-0.15, -0.1) is 0 Å². The number of hydrogen-bond acceptors (Lipinski definition) is 5. The third-order valence-corrected chi connectivity index (χ3v) is 1.41. The fourth-order valence-corrected chi connectivity index (χ4v) is 0.900. The summed E-state index contributed by atoms with van der Waals surface area (Å²) in [5, 5.41) is 21.4. The smallest absolute Gasteiger partial charge is 0.299 e. The predicted octanol–water partition coefficient (Wildman–Crippen LogP) is 2.03. The first kappa shape index (κ1) is 9.31. The molecule has 0 aliphatic rings. The number of aliphatic imine (C=N–C) groups is 1. The highest BCUT2D eigenvalue weighted by molar-refractivity contribution is 7.78. The van der Waals surface area contributed by atoms with Crippen LogP contribution < -0.4 is 0 Å². The van der Waals surface area contributed by atoms with Crippen LogP contribution in [0.4, 0.5) is 11.4 Å². The van der Waals surface area contributed by atoms with Crippen LogP contribution in [0.2, 0.25) is 0 Å². The van der Waals surface area contributed by atoms with Crippen molar-refractivity contribution in [2.45, 2.75) is 0 Å². The molecular formula is C7H4N2O3S. The molecule has 0 saturated heterocycles. The van der Waals surface area contributed by atoms with E-state index in [1.807, 2.05) is 5.16 Å². The molecule has 0 amide bonds. The van der Waals surface area contributed by atoms with Crippen molar-refractivity contribution in [1.29, 1.82) is 0 Å². The van der Waals surface area contributed by atoms with E-state index in [0.717, 1.165) is 6.07 Å². The molecule has 0 aliphatic carbocycles. The Balaban J connectivity index is 3.34. The number of thiocarbonyl (C=S) groups is 1. The second-order valence-corrected chi connectivity index (χ2v) is 2.32. The number of nitro benzene ring substituents is 1. The number of benzene rings is 1. The van der Waals surface area contributed by atoms with E-state index in [-0.39, 0.29) is 17.1 Å². The number of rotatable bonds is 2. The lowest BCUT2D eigenvalue weighted by molar-refractivity contribution is -0.384. The highest BCUT2D eigenvalue weighted by Crippen LogP contribution is 2.30. The molecule has 66 valence electrons. The lowest BCUT2D eigenvalue weighted by Crippen LogP contribution is -1.87. The largest absolute Gasteiger partial charge is 0.508 e. The van der Waals surface area contributed by atoms with E-state index in [9.17, 15) is 10.1 Å². The molecule has 0 heterocycles. The first-order valence-corrected chi connectivity index (χ1v) is 3.61. The van der Waals surface area contributed by atoms with Crippen LogP contribution in [0.1, 0.15) is 0 Å². The van der Waals surface area contributed by atoms with Crippen molar-refractivity contribution in [3.8, 4) is 5.75 Å². The van der Waals surface area contributed by atoms with Crippen LogP contribution in [0.15, 0.2) is 23.2 Å². The molecule has 0 bridgehead atoms. The highest BCUT2D eigenvalue weighted by atomic mass is 32.1. The summed E-state index contributed by atoms with van der Waals surface area (Å²) in [6, 6.07) is 3.59. The number of isothiocyanates is 1. The SMILES string of the molecule is O=[N+]([O-])c1cc(O)ccc1N=C=S. The van der Waals surface area contributed by atoms with Gasteiger partial charge in [-0.3, -0.25) is 10.1 Å². The first-order chi connectivity index (χ1) is 6.15. The Morgan fingerprint density at radius 2 is 2.31 bits per heavy atom. The van der Waals surface area contributed by atoms with E-state index in [4.69, 9.17) is 5.11 Å². The van der Waals surface area contributed by atoms with Crippen molar-refractivity contribution in [2.24, 2.45) is 4.99 Å². The van der Waals surface area contributed by atoms with Crippen LogP contribution in [0.25, 0.3) is 0 Å². The Hall–Kier alpha value is -1.78. The van der Waals surface area contributed by atoms with Crippen molar-refractivity contribution in [3.05, 3.63) is 28.3 Å². The van der Waals surface area contributed by atoms with Crippen LogP contribution in [-0.2, 0) is 0 Å². The Labute approximate surface area is 78.5 Å². The van der Waals surface area contributed by atoms with Crippen molar-refractivity contribution >= 4 is 28.8 Å². The van der Waals surface area contributed by atoms with E-state index in [0.29, 0.717) is 0 Å². The number of nitrogens with zero attached hydrogens (tertiary/aromatic N) is 2. The van der Waals surface area contributed by atoms with E-state index in [2.05, 4.69) is 17.2 Å². The first-order valence-electron chi connectivity index (χ1n) is 3.20. The van der Waals surface area contributed by atoms with Crippen molar-refractivity contribution in [1.82, 2.24) is 0 Å². The van der Waals surface area contributed by atoms with Crippen LogP contribution >= 0.6 is 12.2 Å². The number of phenolic OH excluding ortho intramolecular Hbond substituents is 1. The Bertz CT molecular complexity index is 399. The summed E-state index contributed by atoms with van der Waals surface area (Å²) in [7, 11) is 0. The number of aromatic hydroxyl groups is 1. The normalized spacial score (nSPS) is 8.92. The van der Waals surface area contributed by atoms with Crippen LogP contribution in [0.5, 0.6) is 5.75 Å². The topological polar surface area (TPSA) is 75.7 Å². The van der Waals surface area contributed by atoms with E-state index in [1.165, 1.54) is 12.1 Å². The van der Waals surface area contributed by atoms with Crippen LogP contribution in [0, 0.1) is 10.1 Å². The molecule has 0 saturated carbocycles. The molecule has 0 spiro atoms. The molecule has 0 atom stereocenters. The second-order valence-electron chi connectivity index (χ2n) is 2.13. The van der Waals surface area contributed by atoms with Gasteiger partial charge in [-0.25, -0.2) is 0 Å². The van der Waals surface area contributed by atoms with Crippen molar-refractivity contribution < 1.29 is 10.0 Å². The summed E-state index contributed by atoms with van der Waals surface area (Å²) in [5.74, 6) is -0.185. The van der Waals surface area contributed by atoms with Gasteiger partial charge in [-0.1, -0.05) is 0 Å². The van der Waals surface area contributed by atoms with E-state index < -0.39 is 4.92 Å². The summed E-state index contributed by atoms with van der Waals surface area (Å²) in [6.07, 6.45) is 0. The van der Waals surface area contributed by atoms with Crippen LogP contribution in [-0.4, -0.2) is 15.2 Å². The van der Waals surface area contributed by atoms with Gasteiger partial charge in [0.15, 0.2) is 5.69 Å². The fourth-order valence-electron chi connectivity index (χ4n) is 0.802. The zero-order valence-corrected chi connectivity index (χ0v) is 7.11. The number of hydrogen-bond donors (Lipinski definition) is 1. The molecule has 1 aromatic carbocycles. The summed E-state index contributed by atoms with van der Waals surface area (Å²) < 4.78 is 0. The third-order valence-electron chi connectivity index (χ3n) is 1.32. The second kappa shape index (κ2) is 3.75. The maximum Gasteiger partial charge on any atom is 0.299 e. The Kier molecular flexibility index (Phi) is 2.69. The van der Waals surface area contributed by atoms with Gasteiger partial charge in [0, 0.05) is 0 Å². The monoisotopic (exact) mass is 196 g/mol. The predicted molar refractivity (Wildman–Crippen MR) is 49.4 cm³/mol. The van der Waals surface area contributed by atoms with Gasteiger partial charge in [0.25, 0.3) is 5.69 Å². The van der Waals surface area contributed by atoms with Gasteiger partial charge in [-0.05, 0) is 24.4 Å². The quantitative estimate of drug-likeness (QED) is 0.340. The minimum Gasteiger partial charge on any atom is -0.508 e. The molecule has 6 heteroatoms. The van der Waals surface area contributed by atoms with Gasteiger partial charge < -0.3 is 5.11 Å². The van der Waals surface area contributed by atoms with Gasteiger partial charge in [0.2, 0.25) is 0 Å². The van der Waals surface area contributed by atoms with E-state index in [1.54, 1.807) is 0 Å². The van der Waals surface area contributed by atoms with Crippen molar-refractivity contribution in [3.63, 3.8) is 0 Å². The molecule has 1 rings (SSSR count). The van der Waals surface area contributed by atoms with Crippen molar-refractivity contribution in [2.75, 3.05) is 0 Å². The molecular weight excluding hydrogens is 192 g/mol. The summed E-state index contributed by atoms with van der Waals surface area (Å²) in [4.78, 5) is 13.3. The van der Waals surface area contributed by atoms with E-state index >= 15 is 0 Å². The molecule has 13 heavy (non-hydrogen) atoms. The highest BCUT2D eigenvalue weighted by Gasteiger charge is 2.13. The molecule has 0 aliphatic heterocycles. The van der Waals surface area contributed by atoms with Crippen LogP contribution in [0.3, 0.4) is 0 Å². The Morgan fingerprint density at radius 3 is 2.85 bits per heavy atom. The zero-order chi connectivity index (χ0) is 9.84. The third kappa shape index (κ3) is 2.08.